The highest BCUT2D eigenvalue weighted by atomic mass is 35.5. The molecular weight excluding hydrogens is 280 g/mol. The zero-order chi connectivity index (χ0) is 15.2. The van der Waals surface area contributed by atoms with E-state index in [9.17, 15) is 14.7 Å². The Morgan fingerprint density at radius 1 is 1.25 bits per heavy atom. The van der Waals surface area contributed by atoms with Gasteiger partial charge in [-0.1, -0.05) is 37.6 Å². The maximum atomic E-state index is 11.8. The number of carbonyl (C=O) groups excluding carboxylic acids is 1. The summed E-state index contributed by atoms with van der Waals surface area (Å²) in [6.07, 6.45) is 0.899. The highest BCUT2D eigenvalue weighted by Crippen LogP contribution is 2.26. The monoisotopic (exact) mass is 298 g/mol. The number of nitrogens with one attached hydrogen (secondary N) is 2. The quantitative estimate of drug-likeness (QED) is 0.753. The van der Waals surface area contributed by atoms with Crippen LogP contribution in [-0.4, -0.2) is 23.7 Å². The molecule has 3 N–H and O–H groups in total. The third-order valence-corrected chi connectivity index (χ3v) is 3.85. The number of amides is 2. The predicted molar refractivity (Wildman–Crippen MR) is 79.1 cm³/mol. The fourth-order valence-electron chi connectivity index (χ4n) is 1.86. The molecule has 0 spiro atoms. The van der Waals surface area contributed by atoms with Crippen molar-refractivity contribution >= 4 is 29.3 Å². The largest absolute Gasteiger partial charge is 0.481 e. The van der Waals surface area contributed by atoms with E-state index in [1.807, 2.05) is 0 Å². The van der Waals surface area contributed by atoms with E-state index in [2.05, 4.69) is 10.6 Å². The van der Waals surface area contributed by atoms with Crippen LogP contribution in [-0.2, 0) is 4.79 Å². The fraction of sp³-hybridized carbons (Fsp3) is 0.429. The second-order valence-electron chi connectivity index (χ2n) is 4.58. The standard InChI is InChI=1S/C14H19ClN2O3/c1-3-14(4-2,12(18)19)9-16-13(20)17-11-8-6-5-7-10(11)15/h5-8H,3-4,9H2,1-2H3,(H,18,19)(H2,16,17,20). The van der Waals surface area contributed by atoms with Crippen LogP contribution < -0.4 is 10.6 Å². The molecule has 2 amide bonds. The molecule has 0 aliphatic heterocycles. The minimum Gasteiger partial charge on any atom is -0.481 e. The Labute approximate surface area is 123 Å². The number of halogens is 1. The first-order valence-electron chi connectivity index (χ1n) is 6.48. The molecule has 1 rings (SSSR count). The number of carboxylic acid groups (broad SMARTS) is 1. The Balaban J connectivity index is 2.63. The number of aliphatic carboxylic acids is 1. The van der Waals surface area contributed by atoms with Crippen LogP contribution in [0, 0.1) is 5.41 Å². The summed E-state index contributed by atoms with van der Waals surface area (Å²) in [4.78, 5) is 23.1. The van der Waals surface area contributed by atoms with Gasteiger partial charge in [0.15, 0.2) is 0 Å². The van der Waals surface area contributed by atoms with Crippen LogP contribution >= 0.6 is 11.6 Å². The number of carbonyl (C=O) groups is 2. The van der Waals surface area contributed by atoms with Crippen molar-refractivity contribution in [2.24, 2.45) is 5.41 Å². The number of anilines is 1. The lowest BCUT2D eigenvalue weighted by molar-refractivity contribution is -0.149. The molecule has 0 aliphatic rings. The minimum absolute atomic E-state index is 0.0750. The van der Waals surface area contributed by atoms with E-state index in [0.717, 1.165) is 0 Å². The fourth-order valence-corrected chi connectivity index (χ4v) is 2.04. The Morgan fingerprint density at radius 3 is 2.35 bits per heavy atom. The minimum atomic E-state index is -0.933. The first kappa shape index (κ1) is 16.3. The molecule has 0 saturated heterocycles. The van der Waals surface area contributed by atoms with Gasteiger partial charge in [0.1, 0.15) is 0 Å². The molecule has 0 fully saturated rings. The Bertz CT molecular complexity index is 487. The van der Waals surface area contributed by atoms with Gasteiger partial charge in [0.25, 0.3) is 0 Å². The first-order valence-corrected chi connectivity index (χ1v) is 6.85. The topological polar surface area (TPSA) is 78.4 Å². The van der Waals surface area contributed by atoms with Crippen molar-refractivity contribution in [1.29, 1.82) is 0 Å². The maximum Gasteiger partial charge on any atom is 0.319 e. The summed E-state index contributed by atoms with van der Waals surface area (Å²) in [5.74, 6) is -0.902. The van der Waals surface area contributed by atoms with E-state index in [-0.39, 0.29) is 6.54 Å². The van der Waals surface area contributed by atoms with E-state index in [0.29, 0.717) is 23.6 Å². The van der Waals surface area contributed by atoms with Gasteiger partial charge in [-0.05, 0) is 25.0 Å². The Hall–Kier alpha value is -1.75. The van der Waals surface area contributed by atoms with Crippen molar-refractivity contribution in [3.63, 3.8) is 0 Å². The lowest BCUT2D eigenvalue weighted by atomic mass is 9.82. The van der Waals surface area contributed by atoms with Crippen molar-refractivity contribution in [2.75, 3.05) is 11.9 Å². The van der Waals surface area contributed by atoms with E-state index >= 15 is 0 Å². The van der Waals surface area contributed by atoms with Crippen molar-refractivity contribution in [3.05, 3.63) is 29.3 Å². The summed E-state index contributed by atoms with van der Waals surface area (Å²) in [6, 6.07) is 6.38. The lowest BCUT2D eigenvalue weighted by Crippen LogP contribution is -2.43. The van der Waals surface area contributed by atoms with Crippen LogP contribution in [0.2, 0.25) is 5.02 Å². The molecule has 5 nitrogen and oxygen atoms in total. The first-order chi connectivity index (χ1) is 9.45. The zero-order valence-corrected chi connectivity index (χ0v) is 12.3. The van der Waals surface area contributed by atoms with Gasteiger partial charge in [-0.15, -0.1) is 0 Å². The van der Waals surface area contributed by atoms with Crippen LogP contribution in [0.4, 0.5) is 10.5 Å². The number of benzene rings is 1. The van der Waals surface area contributed by atoms with Crippen LogP contribution in [0.3, 0.4) is 0 Å². The van der Waals surface area contributed by atoms with Crippen LogP contribution in [0.25, 0.3) is 0 Å². The molecule has 110 valence electrons. The number of hydrogen-bond acceptors (Lipinski definition) is 2. The highest BCUT2D eigenvalue weighted by Gasteiger charge is 2.35. The molecule has 0 saturated carbocycles. The summed E-state index contributed by atoms with van der Waals surface area (Å²) < 4.78 is 0. The molecule has 0 aromatic heterocycles. The average Bonchev–Trinajstić information content (AvgIpc) is 2.43. The van der Waals surface area contributed by atoms with E-state index < -0.39 is 17.4 Å². The van der Waals surface area contributed by atoms with Crippen molar-refractivity contribution in [3.8, 4) is 0 Å². The summed E-state index contributed by atoms with van der Waals surface area (Å²) in [7, 11) is 0. The number of carboxylic acids is 1. The second kappa shape index (κ2) is 7.14. The van der Waals surface area contributed by atoms with Gasteiger partial charge in [0.05, 0.1) is 16.1 Å². The summed E-state index contributed by atoms with van der Waals surface area (Å²) in [6.45, 7) is 3.67. The van der Waals surface area contributed by atoms with Gasteiger partial charge >= 0.3 is 12.0 Å². The van der Waals surface area contributed by atoms with Crippen LogP contribution in [0.15, 0.2) is 24.3 Å². The molecule has 0 bridgehead atoms. The molecule has 0 unspecified atom stereocenters. The molecule has 20 heavy (non-hydrogen) atoms. The van der Waals surface area contributed by atoms with Gasteiger partial charge in [-0.2, -0.15) is 0 Å². The van der Waals surface area contributed by atoms with Crippen molar-refractivity contribution < 1.29 is 14.7 Å². The molecule has 1 aromatic rings. The number of para-hydroxylation sites is 1. The maximum absolute atomic E-state index is 11.8. The van der Waals surface area contributed by atoms with Gasteiger partial charge < -0.3 is 15.7 Å². The highest BCUT2D eigenvalue weighted by molar-refractivity contribution is 6.33. The third kappa shape index (κ3) is 3.87. The zero-order valence-electron chi connectivity index (χ0n) is 11.6. The molecule has 6 heteroatoms. The van der Waals surface area contributed by atoms with Gasteiger partial charge in [-0.3, -0.25) is 4.79 Å². The van der Waals surface area contributed by atoms with Gasteiger partial charge in [0, 0.05) is 6.54 Å². The summed E-state index contributed by atoms with van der Waals surface area (Å²) >= 11 is 5.93. The van der Waals surface area contributed by atoms with Crippen molar-refractivity contribution in [2.45, 2.75) is 26.7 Å². The molecular formula is C14H19ClN2O3. The average molecular weight is 299 g/mol. The number of rotatable bonds is 6. The number of hydrogen-bond donors (Lipinski definition) is 3. The van der Waals surface area contributed by atoms with Gasteiger partial charge in [0.2, 0.25) is 0 Å². The van der Waals surface area contributed by atoms with Crippen molar-refractivity contribution in [1.82, 2.24) is 5.32 Å². The predicted octanol–water partition coefficient (Wildman–Crippen LogP) is 3.35. The lowest BCUT2D eigenvalue weighted by Gasteiger charge is -2.26. The molecule has 0 aliphatic carbocycles. The van der Waals surface area contributed by atoms with Crippen LogP contribution in [0.5, 0.6) is 0 Å². The third-order valence-electron chi connectivity index (χ3n) is 3.52. The Morgan fingerprint density at radius 2 is 1.85 bits per heavy atom. The van der Waals surface area contributed by atoms with E-state index in [1.165, 1.54) is 0 Å². The van der Waals surface area contributed by atoms with Gasteiger partial charge in [-0.25, -0.2) is 4.79 Å². The van der Waals surface area contributed by atoms with E-state index in [1.54, 1.807) is 38.1 Å². The SMILES string of the molecule is CCC(CC)(CNC(=O)Nc1ccccc1Cl)C(=O)O. The smallest absolute Gasteiger partial charge is 0.319 e. The molecule has 0 atom stereocenters. The normalized spacial score (nSPS) is 10.9. The Kier molecular flexibility index (Phi) is 5.82. The molecule has 0 radical (unpaired) electrons. The van der Waals surface area contributed by atoms with E-state index in [4.69, 9.17) is 11.6 Å². The summed E-state index contributed by atoms with van der Waals surface area (Å²) in [5, 5.41) is 14.9. The second-order valence-corrected chi connectivity index (χ2v) is 4.99. The molecule has 1 aromatic carbocycles. The van der Waals surface area contributed by atoms with Crippen LogP contribution in [0.1, 0.15) is 26.7 Å². The summed E-state index contributed by atoms with van der Waals surface area (Å²) in [5.41, 5.74) is -0.446. The number of urea groups is 1. The molecule has 0 heterocycles.